The molecular formula is C96H119Cs2N9O23S. The van der Waals surface area contributed by atoms with Crippen LogP contribution < -0.4 is 168 Å². The zero-order valence-corrected chi connectivity index (χ0v) is 90.7. The monoisotopic (exact) mass is 2060 g/mol. The second-order valence-corrected chi connectivity index (χ2v) is 34.0. The Morgan fingerprint density at radius 1 is 0.519 bits per heavy atom. The number of rotatable bonds is 45. The summed E-state index contributed by atoms with van der Waals surface area (Å²) in [6, 6.07) is 52.8. The molecule has 0 spiro atoms. The summed E-state index contributed by atoms with van der Waals surface area (Å²) in [5.74, 6) is -0.913. The molecule has 4 amide bonds. The molecule has 131 heavy (non-hydrogen) atoms. The number of anilines is 2. The van der Waals surface area contributed by atoms with Crippen LogP contribution in [0.5, 0.6) is 11.5 Å². The van der Waals surface area contributed by atoms with Crippen LogP contribution in [-0.2, 0) is 86.2 Å². The van der Waals surface area contributed by atoms with Gasteiger partial charge in [-0.15, -0.1) is 0 Å². The van der Waals surface area contributed by atoms with Crippen molar-refractivity contribution in [3.05, 3.63) is 221 Å². The molecule has 694 valence electrons. The van der Waals surface area contributed by atoms with Crippen LogP contribution >= 0.6 is 0 Å². The van der Waals surface area contributed by atoms with Crippen LogP contribution in [0.3, 0.4) is 0 Å². The number of carbonyl (C=O) groups excluding carboxylic acids is 9. The van der Waals surface area contributed by atoms with Crippen molar-refractivity contribution in [3.8, 4) is 33.8 Å². The van der Waals surface area contributed by atoms with Gasteiger partial charge in [0.15, 0.2) is 21.4 Å². The number of ether oxygens (including phenoxy) is 9. The number of Topliss-reactive ketones (excluding diaryl/α,β-unsaturated/α-hetero) is 2. The molecule has 0 radical (unpaired) electrons. The van der Waals surface area contributed by atoms with Crippen LogP contribution in [0.4, 0.5) is 21.2 Å². The molecule has 0 saturated carbocycles. The van der Waals surface area contributed by atoms with Crippen LogP contribution in [0.2, 0.25) is 0 Å². The zero-order valence-electron chi connectivity index (χ0n) is 78.3. The van der Waals surface area contributed by atoms with Gasteiger partial charge in [0, 0.05) is 74.5 Å². The minimum atomic E-state index is -3.01. The Kier molecular flexibility index (Phi) is 53.6. The average molecular weight is 2060 g/mol. The third kappa shape index (κ3) is 44.4. The molecule has 2 aromatic heterocycles. The number of aromatic hydroxyl groups is 1. The number of azide groups is 1. The smallest absolute Gasteiger partial charge is 1.00 e. The van der Waals surface area contributed by atoms with E-state index in [1.165, 1.54) is 24.0 Å². The van der Waals surface area contributed by atoms with E-state index >= 15 is 0 Å². The standard InChI is InChI=1S/C48H62N6O11.C38H43N3O7.C9H12O2S.CH2O3.2Cs.H/c1-35-16-17-50-44(29-35)54(47(58)65-48(2,3)4)19-6-7-45(56)51-34-42(55)31-41(33-46(57)59-5)37-10-8-36(9-11-37)38-12-13-40-32-43(15-14-39(40)30-38)64-28-27-63-26-25-62-24-23-61-22-21-60-20-18-52-53-49;1-25-16-17-39-34(19-25)41(37(46)48-38(2,3)4)18-6-7-35(44)40-24-33(43)22-31(23-36(45)47-5)27-10-8-26(9-11-27)28-12-13-30-21-32(42)15-14-29(30)20-28;1-3-12(10,11)9-6-4-8(2)5-7-9;2-1-4-3;;;/h8-17,29-30,32,41H,6-7,18-28,31,33-34H2,1-5H3,(H,51,56);8-17,19-21,31,42H,6-7,18,22-24H2,1-5H3,(H,40,44);4-7H,3H2,1-2H3;1,3H;;;/q;;;;2*+1;-1/p-1/t41-;31-;;;;;/m00...../s1. The van der Waals surface area contributed by atoms with Crippen LogP contribution in [0.1, 0.15) is 141 Å². The van der Waals surface area contributed by atoms with Gasteiger partial charge in [-0.2, -0.15) is 0 Å². The molecule has 0 aliphatic heterocycles. The fourth-order valence-corrected chi connectivity index (χ4v) is 13.5. The van der Waals surface area contributed by atoms with Crippen molar-refractivity contribution < 1.29 is 249 Å². The number of hydrogen-bond acceptors (Lipinski definition) is 26. The molecule has 0 aliphatic rings. The fraction of sp³-hybridized carbons (Fsp3) is 0.406. The van der Waals surface area contributed by atoms with E-state index in [0.29, 0.717) is 95.4 Å². The third-order valence-corrected chi connectivity index (χ3v) is 21.0. The number of phenolic OH excluding ortho intramolecular Hbond substituents is 1. The number of pyridine rings is 2. The number of carbonyl (C=O) groups is 9. The van der Waals surface area contributed by atoms with Crippen molar-refractivity contribution in [1.82, 2.24) is 20.6 Å². The maximum Gasteiger partial charge on any atom is 1.00 e. The number of ketones is 2. The topological polar surface area (TPSA) is 428 Å². The summed E-state index contributed by atoms with van der Waals surface area (Å²) >= 11 is 0. The first-order chi connectivity index (χ1) is 61.6. The predicted molar refractivity (Wildman–Crippen MR) is 488 cm³/mol. The Labute approximate surface area is 885 Å². The van der Waals surface area contributed by atoms with E-state index in [1.807, 2.05) is 148 Å². The molecule has 3 N–H and O–H groups in total. The van der Waals surface area contributed by atoms with Crippen LogP contribution in [-0.4, -0.2) is 201 Å². The number of phenols is 1. The summed E-state index contributed by atoms with van der Waals surface area (Å²) in [7, 11) is -0.395. The third-order valence-electron chi connectivity index (χ3n) is 19.2. The normalized spacial score (nSPS) is 11.3. The quantitative estimate of drug-likeness (QED) is 0.00368. The summed E-state index contributed by atoms with van der Waals surface area (Å²) in [5, 5.41) is 30.9. The van der Waals surface area contributed by atoms with Crippen molar-refractivity contribution in [2.75, 3.05) is 122 Å². The van der Waals surface area contributed by atoms with Gasteiger partial charge in [0.05, 0.1) is 104 Å². The van der Waals surface area contributed by atoms with E-state index in [1.54, 1.807) is 97.3 Å². The van der Waals surface area contributed by atoms with Gasteiger partial charge >= 0.3 is 162 Å². The number of methoxy groups -OCH3 is 2. The summed E-state index contributed by atoms with van der Waals surface area (Å²) in [6.45, 7) is 22.0. The van der Waals surface area contributed by atoms with Gasteiger partial charge in [0.25, 0.3) is 6.47 Å². The number of nitrogens with zero attached hydrogens (tertiary/aromatic N) is 7. The molecule has 32 nitrogen and oxygen atoms in total. The number of hydrogen-bond donors (Lipinski definition) is 3. The molecule has 0 fully saturated rings. The van der Waals surface area contributed by atoms with E-state index in [4.69, 9.17) is 58.2 Å². The predicted octanol–water partition coefficient (Wildman–Crippen LogP) is 9.11. The van der Waals surface area contributed by atoms with Gasteiger partial charge in [0.2, 0.25) is 11.8 Å². The van der Waals surface area contributed by atoms with Crippen molar-refractivity contribution in [2.24, 2.45) is 5.11 Å². The first kappa shape index (κ1) is 115. The average Bonchev–Trinajstić information content (AvgIpc) is 0.810. The summed E-state index contributed by atoms with van der Waals surface area (Å²) < 4.78 is 71.3. The van der Waals surface area contributed by atoms with E-state index < -0.39 is 57.0 Å². The van der Waals surface area contributed by atoms with Crippen molar-refractivity contribution in [1.29, 1.82) is 0 Å². The fourth-order valence-electron chi connectivity index (χ4n) is 12.7. The molecule has 2 heterocycles. The molecule has 0 bridgehead atoms. The minimum absolute atomic E-state index is 0. The Morgan fingerprint density at radius 2 is 0.908 bits per heavy atom. The Bertz CT molecular complexity index is 5300. The number of aryl methyl sites for hydroxylation is 3. The number of nitrogens with one attached hydrogen (secondary N) is 2. The van der Waals surface area contributed by atoms with Crippen molar-refractivity contribution >= 4 is 97.0 Å². The first-order valence-electron chi connectivity index (χ1n) is 42.1. The molecule has 9 aromatic rings. The Balaban J connectivity index is 0.000000585. The molecule has 7 aromatic carbocycles. The second kappa shape index (κ2) is 61.3. The molecule has 0 unspecified atom stereocenters. The SMILES string of the molecule is CCS(=O)(=O)c1ccc(C)cc1.COC(=O)C[C@H](CC(=O)CNC(=O)CCCN(C(=O)OC(C)(C)C)c1cc(C)ccn1)c1ccc(-c2ccc3cc(O)ccc3c2)cc1.COC(=O)C[C@H](CC(=O)CNC(=O)CCCN(C(=O)OC(C)(C)C)c1cc(C)ccn1)c1ccc(-c2ccc3cc(OCCOCCOCCOCCOCCN=[N+]=[N-])ccc3c2)cc1.O=CO[O-].[Cs+].[Cs+].[H-]. The zero-order chi connectivity index (χ0) is 94.3. The van der Waals surface area contributed by atoms with Crippen LogP contribution in [0, 0.1) is 20.8 Å². The number of benzene rings is 7. The maximum absolute atomic E-state index is 13.2. The summed E-state index contributed by atoms with van der Waals surface area (Å²) in [5.41, 5.74) is 15.3. The number of amides is 4. The van der Waals surface area contributed by atoms with Gasteiger partial charge in [-0.25, -0.2) is 28.0 Å². The molecular weight excluding hydrogens is 1940 g/mol. The molecule has 2 atom stereocenters. The largest absolute Gasteiger partial charge is 1.00 e. The second-order valence-electron chi connectivity index (χ2n) is 31.7. The number of fused-ring (bicyclic) bond motifs is 2. The van der Waals surface area contributed by atoms with Gasteiger partial charge in [-0.3, -0.25) is 43.4 Å². The van der Waals surface area contributed by atoms with Crippen LogP contribution in [0.15, 0.2) is 192 Å². The first-order valence-corrected chi connectivity index (χ1v) is 43.8. The van der Waals surface area contributed by atoms with Gasteiger partial charge in [-0.1, -0.05) is 115 Å². The minimum Gasteiger partial charge on any atom is -1.00 e. The van der Waals surface area contributed by atoms with E-state index in [9.17, 15) is 51.9 Å². The van der Waals surface area contributed by atoms with E-state index in [0.717, 1.165) is 77.4 Å². The molecule has 35 heteroatoms. The van der Waals surface area contributed by atoms with Gasteiger partial charge in [-0.05, 0) is 220 Å². The molecule has 0 aliphatic carbocycles. The van der Waals surface area contributed by atoms with Gasteiger partial charge in [0.1, 0.15) is 40.9 Å². The Morgan fingerprint density at radius 3 is 1.31 bits per heavy atom. The van der Waals surface area contributed by atoms with Crippen molar-refractivity contribution in [2.45, 2.75) is 149 Å². The van der Waals surface area contributed by atoms with Gasteiger partial charge < -0.3 is 69.9 Å². The number of esters is 2. The maximum atomic E-state index is 13.2. The van der Waals surface area contributed by atoms with E-state index in [-0.39, 0.29) is 245 Å². The summed E-state index contributed by atoms with van der Waals surface area (Å²) in [6.07, 6.45) is 2.99. The van der Waals surface area contributed by atoms with E-state index in [2.05, 4.69) is 41.6 Å². The molecule has 9 rings (SSSR count). The van der Waals surface area contributed by atoms with Crippen LogP contribution in [0.25, 0.3) is 54.2 Å². The molecule has 0 saturated heterocycles. The number of sulfone groups is 1. The number of aromatic nitrogens is 2. The Hall–Kier alpha value is -8.65. The van der Waals surface area contributed by atoms with Crippen molar-refractivity contribution in [3.63, 3.8) is 0 Å². The summed E-state index contributed by atoms with van der Waals surface area (Å²) in [4.78, 5) is 128.